The molecule has 9 heteroatoms. The molecule has 0 radical (unpaired) electrons. The second-order valence-corrected chi connectivity index (χ2v) is 9.17. The number of hydrogen-bond donors (Lipinski definition) is 1. The number of likely N-dealkylation sites (tertiary alicyclic amines) is 1. The van der Waals surface area contributed by atoms with Crippen molar-refractivity contribution in [2.24, 2.45) is 0 Å². The predicted octanol–water partition coefficient (Wildman–Crippen LogP) is 2.31. The van der Waals surface area contributed by atoms with Gasteiger partial charge in [-0.15, -0.1) is 11.3 Å². The molecule has 1 fully saturated rings. The van der Waals surface area contributed by atoms with Crippen LogP contribution >= 0.6 is 22.9 Å². The van der Waals surface area contributed by atoms with E-state index in [-0.39, 0.29) is 30.0 Å². The van der Waals surface area contributed by atoms with Crippen LogP contribution in [0.2, 0.25) is 4.34 Å². The Morgan fingerprint density at radius 1 is 1.41 bits per heavy atom. The van der Waals surface area contributed by atoms with E-state index in [0.29, 0.717) is 9.85 Å². The van der Waals surface area contributed by atoms with E-state index in [1.54, 1.807) is 0 Å². The van der Waals surface area contributed by atoms with Gasteiger partial charge in [-0.1, -0.05) is 25.4 Å². The van der Waals surface area contributed by atoms with Crippen LogP contribution in [0.4, 0.5) is 0 Å². The number of nitrogens with one attached hydrogen (secondary N) is 1. The van der Waals surface area contributed by atoms with E-state index in [9.17, 15) is 9.59 Å². The first-order valence-electron chi connectivity index (χ1n) is 9.03. The van der Waals surface area contributed by atoms with Crippen LogP contribution in [0.25, 0.3) is 15.7 Å². The van der Waals surface area contributed by atoms with Gasteiger partial charge in [0.15, 0.2) is 0 Å². The van der Waals surface area contributed by atoms with Crippen molar-refractivity contribution in [2.75, 3.05) is 20.1 Å². The number of halogens is 1. The molecular weight excluding hydrogens is 386 g/mol. The lowest BCUT2D eigenvalue weighted by Gasteiger charge is -2.15. The summed E-state index contributed by atoms with van der Waals surface area (Å²) in [5, 5.41) is 7.53. The lowest BCUT2D eigenvalue weighted by molar-refractivity contribution is -0.122. The number of rotatable bonds is 4. The zero-order valence-corrected chi connectivity index (χ0v) is 17.1. The van der Waals surface area contributed by atoms with Crippen LogP contribution in [0.15, 0.2) is 16.9 Å². The minimum Gasteiger partial charge on any atom is -0.350 e. The maximum atomic E-state index is 12.9. The molecule has 1 aliphatic heterocycles. The highest BCUT2D eigenvalue weighted by molar-refractivity contribution is 7.22. The standard InChI is InChI=1S/C18H22ClN5O2S/c1-10(2)17-21-23(9-16(25)20-11-4-5-22(3)8-11)18(26)13-6-14-12(24(13)17)7-15(19)27-14/h6-7,10-11H,4-5,8-9H2,1-3H3,(H,20,25)/t11-/m1/s1. The van der Waals surface area contributed by atoms with Crippen LogP contribution in [0.1, 0.15) is 32.0 Å². The highest BCUT2D eigenvalue weighted by atomic mass is 35.5. The van der Waals surface area contributed by atoms with Crippen LogP contribution in [0.5, 0.6) is 0 Å². The van der Waals surface area contributed by atoms with E-state index < -0.39 is 0 Å². The van der Waals surface area contributed by atoms with Gasteiger partial charge in [0, 0.05) is 18.5 Å². The van der Waals surface area contributed by atoms with Gasteiger partial charge in [0.25, 0.3) is 5.56 Å². The minimum atomic E-state index is -0.266. The van der Waals surface area contributed by atoms with Gasteiger partial charge in [-0.2, -0.15) is 5.10 Å². The van der Waals surface area contributed by atoms with E-state index in [2.05, 4.69) is 15.3 Å². The Bertz CT molecular complexity index is 1080. The Morgan fingerprint density at radius 3 is 2.85 bits per heavy atom. The summed E-state index contributed by atoms with van der Waals surface area (Å²) in [6.45, 7) is 5.76. The summed E-state index contributed by atoms with van der Waals surface area (Å²) in [7, 11) is 2.03. The Morgan fingerprint density at radius 2 is 2.19 bits per heavy atom. The van der Waals surface area contributed by atoms with Gasteiger partial charge in [0.05, 0.1) is 14.6 Å². The fourth-order valence-electron chi connectivity index (χ4n) is 3.66. The molecule has 0 aliphatic carbocycles. The fraction of sp³-hybridized carbons (Fsp3) is 0.500. The number of amides is 1. The minimum absolute atomic E-state index is 0.0746. The largest absolute Gasteiger partial charge is 0.350 e. The third-order valence-electron chi connectivity index (χ3n) is 4.93. The van der Waals surface area contributed by atoms with Crippen molar-refractivity contribution in [3.63, 3.8) is 0 Å². The number of carbonyl (C=O) groups excluding carboxylic acids is 1. The summed E-state index contributed by atoms with van der Waals surface area (Å²) in [6, 6.07) is 3.82. The molecule has 1 aliphatic rings. The number of aromatic nitrogens is 3. The summed E-state index contributed by atoms with van der Waals surface area (Å²) in [4.78, 5) is 27.6. The van der Waals surface area contributed by atoms with E-state index in [0.717, 1.165) is 35.6 Å². The van der Waals surface area contributed by atoms with Crippen molar-refractivity contribution in [3.8, 4) is 0 Å². The monoisotopic (exact) mass is 407 g/mol. The number of likely N-dealkylation sites (N-methyl/N-ethyl adjacent to an activating group) is 1. The topological polar surface area (TPSA) is 71.6 Å². The molecule has 27 heavy (non-hydrogen) atoms. The summed E-state index contributed by atoms with van der Waals surface area (Å²) < 4.78 is 4.76. The number of thiophene rings is 1. The predicted molar refractivity (Wildman–Crippen MR) is 108 cm³/mol. The zero-order valence-electron chi connectivity index (χ0n) is 15.5. The van der Waals surface area contributed by atoms with Crippen molar-refractivity contribution in [1.29, 1.82) is 0 Å². The Hall–Kier alpha value is -1.90. The van der Waals surface area contributed by atoms with Crippen molar-refractivity contribution < 1.29 is 4.79 Å². The van der Waals surface area contributed by atoms with Gasteiger partial charge in [0.2, 0.25) is 5.91 Å². The van der Waals surface area contributed by atoms with Crippen LogP contribution in [-0.4, -0.2) is 51.2 Å². The second kappa shape index (κ2) is 6.92. The van der Waals surface area contributed by atoms with E-state index in [4.69, 9.17) is 11.6 Å². The van der Waals surface area contributed by atoms with Gasteiger partial charge in [-0.05, 0) is 32.1 Å². The first-order chi connectivity index (χ1) is 12.8. The van der Waals surface area contributed by atoms with Crippen LogP contribution in [0.3, 0.4) is 0 Å². The van der Waals surface area contributed by atoms with Crippen LogP contribution in [-0.2, 0) is 11.3 Å². The molecule has 3 aromatic heterocycles. The number of nitrogens with zero attached hydrogens (tertiary/aromatic N) is 4. The molecule has 7 nitrogen and oxygen atoms in total. The van der Waals surface area contributed by atoms with Crippen molar-refractivity contribution in [1.82, 2.24) is 24.4 Å². The van der Waals surface area contributed by atoms with E-state index in [1.165, 1.54) is 16.0 Å². The molecule has 3 aromatic rings. The highest BCUT2D eigenvalue weighted by Crippen LogP contribution is 2.32. The van der Waals surface area contributed by atoms with Crippen molar-refractivity contribution in [3.05, 3.63) is 32.6 Å². The first kappa shape index (κ1) is 18.5. The van der Waals surface area contributed by atoms with Gasteiger partial charge in [-0.3, -0.25) is 14.0 Å². The molecule has 1 atom stereocenters. The fourth-order valence-corrected chi connectivity index (χ4v) is 4.81. The molecule has 0 spiro atoms. The first-order valence-corrected chi connectivity index (χ1v) is 10.2. The lowest BCUT2D eigenvalue weighted by Crippen LogP contribution is -2.41. The molecule has 0 aromatic carbocycles. The van der Waals surface area contributed by atoms with Crippen LogP contribution in [0, 0.1) is 0 Å². The smallest absolute Gasteiger partial charge is 0.291 e. The summed E-state index contributed by atoms with van der Waals surface area (Å²) >= 11 is 7.57. The number of hydrogen-bond acceptors (Lipinski definition) is 5. The Balaban J connectivity index is 1.71. The Kier molecular flexibility index (Phi) is 4.73. The maximum absolute atomic E-state index is 12.9. The van der Waals surface area contributed by atoms with E-state index >= 15 is 0 Å². The second-order valence-electron chi connectivity index (χ2n) is 7.46. The summed E-state index contributed by atoms with van der Waals surface area (Å²) in [5.74, 6) is 0.642. The van der Waals surface area contributed by atoms with Crippen molar-refractivity contribution >= 4 is 44.6 Å². The average Bonchev–Trinajstić information content (AvgIpc) is 3.24. The lowest BCUT2D eigenvalue weighted by atomic mass is 10.2. The number of fused-ring (bicyclic) bond motifs is 3. The third-order valence-corrected chi connectivity index (χ3v) is 6.13. The van der Waals surface area contributed by atoms with Crippen molar-refractivity contribution in [2.45, 2.75) is 38.8 Å². The van der Waals surface area contributed by atoms with Gasteiger partial charge >= 0.3 is 0 Å². The maximum Gasteiger partial charge on any atom is 0.291 e. The van der Waals surface area contributed by atoms with Gasteiger partial charge in [0.1, 0.15) is 17.9 Å². The highest BCUT2D eigenvalue weighted by Gasteiger charge is 2.23. The molecule has 1 N–H and O–H groups in total. The molecule has 4 rings (SSSR count). The molecule has 4 heterocycles. The molecule has 144 valence electrons. The molecule has 1 saturated heterocycles. The number of carbonyl (C=O) groups is 1. The Labute approximate surface area is 165 Å². The molecule has 1 amide bonds. The molecular formula is C18H22ClN5O2S. The van der Waals surface area contributed by atoms with Crippen LogP contribution < -0.4 is 10.9 Å². The third kappa shape index (κ3) is 3.37. The van der Waals surface area contributed by atoms with Gasteiger partial charge < -0.3 is 10.2 Å². The SMILES string of the molecule is CC(C)c1nn(CC(=O)N[C@@H]2CCN(C)C2)c(=O)c2cc3sc(Cl)cc3n12. The molecule has 0 bridgehead atoms. The normalized spacial score (nSPS) is 18.2. The summed E-state index contributed by atoms with van der Waals surface area (Å²) in [6.07, 6.45) is 0.927. The summed E-state index contributed by atoms with van der Waals surface area (Å²) in [5.41, 5.74) is 1.15. The van der Waals surface area contributed by atoms with Gasteiger partial charge in [-0.25, -0.2) is 4.68 Å². The zero-order chi connectivity index (χ0) is 19.3. The molecule has 0 unspecified atom stereocenters. The average molecular weight is 408 g/mol. The van der Waals surface area contributed by atoms with E-state index in [1.807, 2.05) is 37.4 Å². The molecule has 0 saturated carbocycles. The quantitative estimate of drug-likeness (QED) is 0.720.